The van der Waals surface area contributed by atoms with Gasteiger partial charge in [-0.3, -0.25) is 4.79 Å². The maximum absolute atomic E-state index is 11.7. The van der Waals surface area contributed by atoms with Gasteiger partial charge in [0.05, 0.1) is 12.4 Å². The molecule has 0 atom stereocenters. The van der Waals surface area contributed by atoms with Crippen LogP contribution in [0.2, 0.25) is 0 Å². The number of thioether (sulfide) groups is 1. The quantitative estimate of drug-likeness (QED) is 0.463. The molecule has 0 radical (unpaired) electrons. The maximum Gasteiger partial charge on any atom is 0.316 e. The maximum atomic E-state index is 11.7. The smallest absolute Gasteiger partial charge is 0.316 e. The normalized spacial score (nSPS) is 11.0. The first-order valence-electron chi connectivity index (χ1n) is 8.51. The number of hydrogen-bond donors (Lipinski definition) is 0. The highest BCUT2D eigenvalue weighted by molar-refractivity contribution is 8.00. The highest BCUT2D eigenvalue weighted by atomic mass is 32.2. The van der Waals surface area contributed by atoms with Crippen LogP contribution in [0.15, 0.2) is 53.6 Å². The molecule has 0 aliphatic heterocycles. The van der Waals surface area contributed by atoms with Crippen LogP contribution < -0.4 is 0 Å². The average molecular weight is 353 g/mol. The van der Waals surface area contributed by atoms with E-state index in [1.807, 2.05) is 13.0 Å². The van der Waals surface area contributed by atoms with E-state index in [0.717, 1.165) is 11.4 Å². The lowest BCUT2D eigenvalue weighted by molar-refractivity contribution is -0.139. The number of esters is 1. The average Bonchev–Trinajstić information content (AvgIpc) is 2.95. The third kappa shape index (κ3) is 4.07. The van der Waals surface area contributed by atoms with Gasteiger partial charge in [-0.25, -0.2) is 0 Å². The number of rotatable bonds is 6. The van der Waals surface area contributed by atoms with E-state index in [1.54, 1.807) is 11.8 Å². The summed E-state index contributed by atoms with van der Waals surface area (Å²) in [6.07, 6.45) is 2.15. The molecule has 3 nitrogen and oxygen atoms in total. The highest BCUT2D eigenvalue weighted by Gasteiger charge is 2.12. The predicted molar refractivity (Wildman–Crippen MR) is 104 cm³/mol. The number of aromatic nitrogens is 1. The summed E-state index contributed by atoms with van der Waals surface area (Å²) in [5.74, 6) is 0.171. The van der Waals surface area contributed by atoms with Gasteiger partial charge in [0, 0.05) is 28.5 Å². The summed E-state index contributed by atoms with van der Waals surface area (Å²) in [5, 5.41) is 1.18. The number of para-hydroxylation sites is 1. The van der Waals surface area contributed by atoms with Gasteiger partial charge in [0.1, 0.15) is 0 Å². The minimum absolute atomic E-state index is 0.168. The van der Waals surface area contributed by atoms with E-state index in [2.05, 4.69) is 61.0 Å². The molecule has 25 heavy (non-hydrogen) atoms. The molecule has 0 unspecified atom stereocenters. The summed E-state index contributed by atoms with van der Waals surface area (Å²) in [6, 6.07) is 14.9. The second kappa shape index (κ2) is 7.79. The Morgan fingerprint density at radius 1 is 1.16 bits per heavy atom. The molecule has 1 aromatic heterocycles. The second-order valence-corrected chi connectivity index (χ2v) is 7.18. The Morgan fingerprint density at radius 3 is 2.76 bits per heavy atom. The third-order valence-electron chi connectivity index (χ3n) is 4.25. The summed E-state index contributed by atoms with van der Waals surface area (Å²) in [4.78, 5) is 12.8. The third-order valence-corrected chi connectivity index (χ3v) is 5.26. The molecule has 0 saturated heterocycles. The van der Waals surface area contributed by atoms with Gasteiger partial charge in [-0.15, -0.1) is 11.8 Å². The van der Waals surface area contributed by atoms with Crippen LogP contribution in [0.5, 0.6) is 0 Å². The standard InChI is InChI=1S/C21H23NO2S/c1-4-24-21(23)14-25-20-13-22(19-8-6-5-7-18(19)20)12-17-11-15(2)9-10-16(17)3/h5-11,13H,4,12,14H2,1-3H3. The van der Waals surface area contributed by atoms with Crippen LogP contribution in [0, 0.1) is 13.8 Å². The van der Waals surface area contributed by atoms with Crippen molar-refractivity contribution in [2.24, 2.45) is 0 Å². The number of fused-ring (bicyclic) bond motifs is 1. The first-order chi connectivity index (χ1) is 12.1. The number of benzene rings is 2. The Morgan fingerprint density at radius 2 is 1.96 bits per heavy atom. The zero-order chi connectivity index (χ0) is 17.8. The lowest BCUT2D eigenvalue weighted by atomic mass is 10.1. The van der Waals surface area contributed by atoms with Crippen LogP contribution in [0.4, 0.5) is 0 Å². The molecule has 0 fully saturated rings. The van der Waals surface area contributed by atoms with Crippen LogP contribution in [0.25, 0.3) is 10.9 Å². The number of ether oxygens (including phenoxy) is 1. The largest absolute Gasteiger partial charge is 0.465 e. The summed E-state index contributed by atoms with van der Waals surface area (Å²) in [6.45, 7) is 7.36. The molecule has 0 spiro atoms. The molecule has 4 heteroatoms. The Hall–Kier alpha value is -2.20. The monoisotopic (exact) mass is 353 g/mol. The molecule has 0 N–H and O–H groups in total. The summed E-state index contributed by atoms with van der Waals surface area (Å²) in [7, 11) is 0. The molecule has 0 amide bonds. The molecule has 0 bridgehead atoms. The van der Waals surface area contributed by atoms with E-state index in [0.29, 0.717) is 12.4 Å². The van der Waals surface area contributed by atoms with E-state index >= 15 is 0 Å². The first-order valence-corrected chi connectivity index (χ1v) is 9.49. The predicted octanol–water partition coefficient (Wildman–Crippen LogP) is 4.96. The summed E-state index contributed by atoms with van der Waals surface area (Å²) in [5.41, 5.74) is 5.08. The first kappa shape index (κ1) is 17.6. The van der Waals surface area contributed by atoms with Crippen molar-refractivity contribution in [1.82, 2.24) is 4.57 Å². The lowest BCUT2D eigenvalue weighted by Gasteiger charge is -2.09. The Labute approximate surface area is 153 Å². The van der Waals surface area contributed by atoms with E-state index in [-0.39, 0.29) is 5.97 Å². The van der Waals surface area contributed by atoms with Gasteiger partial charge in [-0.1, -0.05) is 42.0 Å². The molecule has 0 aliphatic carbocycles. The van der Waals surface area contributed by atoms with Crippen molar-refractivity contribution < 1.29 is 9.53 Å². The van der Waals surface area contributed by atoms with E-state index in [4.69, 9.17) is 4.74 Å². The zero-order valence-corrected chi connectivity index (χ0v) is 15.7. The van der Waals surface area contributed by atoms with E-state index in [9.17, 15) is 4.79 Å². The number of carbonyl (C=O) groups is 1. The van der Waals surface area contributed by atoms with Crippen molar-refractivity contribution in [2.45, 2.75) is 32.2 Å². The number of hydrogen-bond acceptors (Lipinski definition) is 3. The van der Waals surface area contributed by atoms with Gasteiger partial charge in [0.25, 0.3) is 0 Å². The van der Waals surface area contributed by atoms with Crippen molar-refractivity contribution in [2.75, 3.05) is 12.4 Å². The molecular weight excluding hydrogens is 330 g/mol. The molecule has 0 saturated carbocycles. The minimum Gasteiger partial charge on any atom is -0.465 e. The van der Waals surface area contributed by atoms with Crippen LogP contribution in [0.3, 0.4) is 0 Å². The van der Waals surface area contributed by atoms with Crippen molar-refractivity contribution in [1.29, 1.82) is 0 Å². The van der Waals surface area contributed by atoms with Crippen LogP contribution in [-0.4, -0.2) is 22.9 Å². The van der Waals surface area contributed by atoms with Gasteiger partial charge in [-0.05, 0) is 38.0 Å². The minimum atomic E-state index is -0.168. The Bertz CT molecular complexity index is 898. The second-order valence-electron chi connectivity index (χ2n) is 6.16. The molecule has 2 aromatic carbocycles. The van der Waals surface area contributed by atoms with Gasteiger partial charge in [0.2, 0.25) is 0 Å². The number of nitrogens with zero attached hydrogens (tertiary/aromatic N) is 1. The van der Waals surface area contributed by atoms with Crippen LogP contribution in [0.1, 0.15) is 23.6 Å². The van der Waals surface area contributed by atoms with Crippen molar-refractivity contribution in [3.8, 4) is 0 Å². The van der Waals surface area contributed by atoms with Gasteiger partial charge in [0.15, 0.2) is 0 Å². The van der Waals surface area contributed by atoms with E-state index in [1.165, 1.54) is 27.6 Å². The topological polar surface area (TPSA) is 31.2 Å². The Balaban J connectivity index is 1.91. The number of carbonyl (C=O) groups excluding carboxylic acids is 1. The molecule has 1 heterocycles. The fourth-order valence-corrected chi connectivity index (χ4v) is 3.84. The number of aryl methyl sites for hydroxylation is 2. The van der Waals surface area contributed by atoms with Gasteiger partial charge >= 0.3 is 5.97 Å². The summed E-state index contributed by atoms with van der Waals surface area (Å²) >= 11 is 1.54. The summed E-state index contributed by atoms with van der Waals surface area (Å²) < 4.78 is 7.31. The fraction of sp³-hybridized carbons (Fsp3) is 0.286. The Kier molecular flexibility index (Phi) is 5.49. The van der Waals surface area contributed by atoms with Gasteiger partial charge in [-0.2, -0.15) is 0 Å². The van der Waals surface area contributed by atoms with Crippen LogP contribution in [-0.2, 0) is 16.1 Å². The SMILES string of the molecule is CCOC(=O)CSc1cn(Cc2cc(C)ccc2C)c2ccccc12. The van der Waals surface area contributed by atoms with E-state index < -0.39 is 0 Å². The van der Waals surface area contributed by atoms with Crippen molar-refractivity contribution >= 4 is 28.6 Å². The zero-order valence-electron chi connectivity index (χ0n) is 14.9. The molecule has 3 rings (SSSR count). The van der Waals surface area contributed by atoms with Crippen LogP contribution >= 0.6 is 11.8 Å². The van der Waals surface area contributed by atoms with Crippen molar-refractivity contribution in [3.05, 3.63) is 65.4 Å². The molecule has 130 valence electrons. The van der Waals surface area contributed by atoms with Gasteiger partial charge < -0.3 is 9.30 Å². The molecular formula is C21H23NO2S. The van der Waals surface area contributed by atoms with Crippen molar-refractivity contribution in [3.63, 3.8) is 0 Å². The fourth-order valence-electron chi connectivity index (χ4n) is 2.95. The molecule has 3 aromatic rings. The highest BCUT2D eigenvalue weighted by Crippen LogP contribution is 2.31. The lowest BCUT2D eigenvalue weighted by Crippen LogP contribution is -2.06. The molecule has 0 aliphatic rings.